The summed E-state index contributed by atoms with van der Waals surface area (Å²) in [6, 6.07) is 10.0. The molecule has 2 atom stereocenters. The highest BCUT2D eigenvalue weighted by Crippen LogP contribution is 2.41. The monoisotopic (exact) mass is 676 g/mol. The van der Waals surface area contributed by atoms with Crippen LogP contribution in [0.15, 0.2) is 53.6 Å². The number of aliphatic carboxylic acids is 1. The first kappa shape index (κ1) is 32.8. The summed E-state index contributed by atoms with van der Waals surface area (Å²) in [4.78, 5) is 12.1. The second kappa shape index (κ2) is 11.9. The van der Waals surface area contributed by atoms with Gasteiger partial charge in [-0.25, -0.2) is 12.8 Å². The van der Waals surface area contributed by atoms with Crippen LogP contribution in [0.1, 0.15) is 59.3 Å². The van der Waals surface area contributed by atoms with Gasteiger partial charge in [0.15, 0.2) is 5.65 Å². The highest BCUT2D eigenvalue weighted by Gasteiger charge is 2.45. The number of hydrogen-bond donors (Lipinski definition) is 1. The summed E-state index contributed by atoms with van der Waals surface area (Å²) >= 11 is 0. The number of alkyl halides is 3. The van der Waals surface area contributed by atoms with Gasteiger partial charge in [0, 0.05) is 31.5 Å². The van der Waals surface area contributed by atoms with Crippen LogP contribution in [0, 0.1) is 25.6 Å². The minimum atomic E-state index is -4.75. The average Bonchev–Trinajstić information content (AvgIpc) is 3.44. The number of ether oxygens (including phenoxy) is 2. The molecule has 4 aromatic rings. The van der Waals surface area contributed by atoms with Crippen LogP contribution in [0.3, 0.4) is 0 Å². The van der Waals surface area contributed by atoms with Crippen molar-refractivity contribution < 1.29 is 45.4 Å². The van der Waals surface area contributed by atoms with Gasteiger partial charge in [-0.15, -0.1) is 10.2 Å². The number of hydrogen-bond acceptors (Lipinski definition) is 7. The summed E-state index contributed by atoms with van der Waals surface area (Å²) in [7, 11) is -4.26. The third-order valence-corrected chi connectivity index (χ3v) is 11.0. The smallest absolute Gasteiger partial charge is 0.452 e. The molecule has 1 spiro atoms. The number of nitrogens with zero attached hydrogens (tertiary/aromatic N) is 4. The van der Waals surface area contributed by atoms with Gasteiger partial charge in [0.25, 0.3) is 0 Å². The first-order valence-electron chi connectivity index (χ1n) is 14.9. The molecule has 1 N–H and O–H groups in total. The number of fused-ring (bicyclic) bond motifs is 2. The van der Waals surface area contributed by atoms with Gasteiger partial charge in [-0.05, 0) is 65.9 Å². The van der Waals surface area contributed by atoms with Crippen molar-refractivity contribution in [2.75, 3.05) is 19.8 Å². The second-order valence-corrected chi connectivity index (χ2v) is 14.1. The van der Waals surface area contributed by atoms with Crippen LogP contribution in [-0.4, -0.2) is 63.8 Å². The molecule has 0 saturated carbocycles. The van der Waals surface area contributed by atoms with Gasteiger partial charge in [-0.3, -0.25) is 9.20 Å². The SMILES string of the molecule is Cc1ccc(C(c2ccn3c(C(F)(F)F)nnc3c2C)C(C)C(=O)O)cc1CN1CC2(CCOCC2)Oc2ccc(F)cc2S1(=O)=O. The molecule has 0 amide bonds. The molecule has 0 bridgehead atoms. The van der Waals surface area contributed by atoms with Gasteiger partial charge < -0.3 is 14.6 Å². The van der Waals surface area contributed by atoms with Gasteiger partial charge in [-0.1, -0.05) is 25.1 Å². The van der Waals surface area contributed by atoms with Gasteiger partial charge in [0.2, 0.25) is 15.8 Å². The number of pyridine rings is 1. The summed E-state index contributed by atoms with van der Waals surface area (Å²) < 4.78 is 97.0. The zero-order valence-electron chi connectivity index (χ0n) is 25.7. The fourth-order valence-electron chi connectivity index (χ4n) is 6.48. The third-order valence-electron chi connectivity index (χ3n) is 9.14. The largest absolute Gasteiger partial charge is 0.484 e. The Morgan fingerprint density at radius 3 is 2.49 bits per heavy atom. The first-order valence-corrected chi connectivity index (χ1v) is 16.4. The number of carboxylic acid groups (broad SMARTS) is 1. The highest BCUT2D eigenvalue weighted by atomic mass is 32.2. The fourth-order valence-corrected chi connectivity index (χ4v) is 8.09. The first-order chi connectivity index (χ1) is 22.1. The zero-order chi connectivity index (χ0) is 33.9. The van der Waals surface area contributed by atoms with Crippen LogP contribution in [0.5, 0.6) is 5.75 Å². The van der Waals surface area contributed by atoms with E-state index in [9.17, 15) is 35.9 Å². The van der Waals surface area contributed by atoms with Crippen molar-refractivity contribution in [3.63, 3.8) is 0 Å². The summed E-state index contributed by atoms with van der Waals surface area (Å²) in [6.45, 7) is 5.40. The van der Waals surface area contributed by atoms with Crippen LogP contribution < -0.4 is 4.74 Å². The number of aryl methyl sites for hydroxylation is 2. The standard InChI is InChI=1S/C32H32F4N4O6S/c1-18-4-5-21(27(20(3)29(41)42)24-8-11-40-28(19(24)2)37-38-30(40)32(34,35)36)14-22(18)16-39-17-31(9-12-45-13-10-31)46-25-7-6-23(33)15-26(25)47(39,43)44/h4-8,11,14-15,20,27H,9-10,12-13,16-17H2,1-3H3,(H,41,42). The highest BCUT2D eigenvalue weighted by molar-refractivity contribution is 7.89. The van der Waals surface area contributed by atoms with E-state index in [2.05, 4.69) is 10.2 Å². The third kappa shape index (κ3) is 5.95. The van der Waals surface area contributed by atoms with Gasteiger partial charge in [0.1, 0.15) is 22.1 Å². The van der Waals surface area contributed by atoms with Gasteiger partial charge in [-0.2, -0.15) is 17.5 Å². The predicted octanol–water partition coefficient (Wildman–Crippen LogP) is 5.49. The maximum Gasteiger partial charge on any atom is 0.452 e. The lowest BCUT2D eigenvalue weighted by Gasteiger charge is -2.38. The lowest BCUT2D eigenvalue weighted by Crippen LogP contribution is -2.50. The maximum atomic E-state index is 14.4. The number of carbonyl (C=O) groups is 1. The molecule has 250 valence electrons. The lowest BCUT2D eigenvalue weighted by molar-refractivity contribution is -0.145. The molecule has 6 rings (SSSR count). The molecule has 1 saturated heterocycles. The van der Waals surface area contributed by atoms with E-state index in [4.69, 9.17) is 9.47 Å². The summed E-state index contributed by atoms with van der Waals surface area (Å²) in [6.07, 6.45) is -2.76. The Bertz CT molecular complexity index is 1970. The number of rotatable bonds is 6. The summed E-state index contributed by atoms with van der Waals surface area (Å²) in [5.41, 5.74) is 1.58. The molecule has 0 radical (unpaired) electrons. The van der Waals surface area contributed by atoms with Crippen LogP contribution in [0.4, 0.5) is 17.6 Å². The molecule has 2 unspecified atom stereocenters. The Kier molecular flexibility index (Phi) is 8.29. The van der Waals surface area contributed by atoms with Crippen molar-refractivity contribution in [3.05, 3.63) is 88.1 Å². The van der Waals surface area contributed by atoms with E-state index in [1.165, 1.54) is 29.6 Å². The summed E-state index contributed by atoms with van der Waals surface area (Å²) in [5.74, 6) is -4.89. The van der Waals surface area contributed by atoms with Crippen molar-refractivity contribution in [1.82, 2.24) is 18.9 Å². The van der Waals surface area contributed by atoms with E-state index in [1.807, 2.05) is 0 Å². The van der Waals surface area contributed by atoms with Crippen LogP contribution in [0.25, 0.3) is 5.65 Å². The fraction of sp³-hybridized carbons (Fsp3) is 0.406. The average molecular weight is 677 g/mol. The van der Waals surface area contributed by atoms with E-state index >= 15 is 0 Å². The Morgan fingerprint density at radius 1 is 1.09 bits per heavy atom. The second-order valence-electron chi connectivity index (χ2n) is 12.2. The number of halogens is 4. The molecular formula is C32H32F4N4O6S. The molecule has 2 aromatic carbocycles. The Morgan fingerprint density at radius 2 is 1.81 bits per heavy atom. The molecule has 2 aromatic heterocycles. The molecule has 0 aliphatic carbocycles. The molecular weight excluding hydrogens is 644 g/mol. The van der Waals surface area contributed by atoms with Crippen molar-refractivity contribution >= 4 is 21.6 Å². The Balaban J connectivity index is 1.44. The number of sulfonamides is 1. The molecule has 2 aliphatic rings. The molecule has 15 heteroatoms. The van der Waals surface area contributed by atoms with Crippen molar-refractivity contribution in [3.8, 4) is 5.75 Å². The number of aromatic nitrogens is 3. The molecule has 1 fully saturated rings. The van der Waals surface area contributed by atoms with E-state index in [0.29, 0.717) is 48.3 Å². The molecule has 4 heterocycles. The van der Waals surface area contributed by atoms with E-state index in [-0.39, 0.29) is 29.4 Å². The van der Waals surface area contributed by atoms with Crippen LogP contribution >= 0.6 is 0 Å². The van der Waals surface area contributed by atoms with Crippen LogP contribution in [-0.2, 0) is 32.3 Å². The van der Waals surface area contributed by atoms with E-state index in [1.54, 1.807) is 32.0 Å². The quantitative estimate of drug-likeness (QED) is 0.266. The normalized spacial score (nSPS) is 19.1. The van der Waals surface area contributed by atoms with Crippen molar-refractivity contribution in [1.29, 1.82) is 0 Å². The topological polar surface area (TPSA) is 123 Å². The van der Waals surface area contributed by atoms with Gasteiger partial charge in [0.05, 0.1) is 25.7 Å². The lowest BCUT2D eigenvalue weighted by atomic mass is 9.79. The maximum absolute atomic E-state index is 14.4. The minimum absolute atomic E-state index is 0.0299. The number of benzene rings is 2. The van der Waals surface area contributed by atoms with Gasteiger partial charge >= 0.3 is 12.1 Å². The molecule has 47 heavy (non-hydrogen) atoms. The Hall–Kier alpha value is -4.08. The van der Waals surface area contributed by atoms with Crippen molar-refractivity contribution in [2.24, 2.45) is 5.92 Å². The van der Waals surface area contributed by atoms with Crippen molar-refractivity contribution in [2.45, 2.75) is 62.7 Å². The van der Waals surface area contributed by atoms with E-state index in [0.717, 1.165) is 22.1 Å². The predicted molar refractivity (Wildman–Crippen MR) is 160 cm³/mol. The zero-order valence-corrected chi connectivity index (χ0v) is 26.5. The molecule has 2 aliphatic heterocycles. The number of carboxylic acids is 1. The van der Waals surface area contributed by atoms with Crippen LogP contribution in [0.2, 0.25) is 0 Å². The summed E-state index contributed by atoms with van der Waals surface area (Å²) in [5, 5.41) is 17.2. The van der Waals surface area contributed by atoms with E-state index < -0.39 is 51.2 Å². The Labute approximate surface area is 268 Å². The minimum Gasteiger partial charge on any atom is -0.484 e. The molecule has 10 nitrogen and oxygen atoms in total.